The smallest absolute Gasteiger partial charge is 0.140 e. The number of benzene rings is 1. The zero-order chi connectivity index (χ0) is 13.0. The van der Waals surface area contributed by atoms with Crippen molar-refractivity contribution in [2.45, 2.75) is 13.1 Å². The van der Waals surface area contributed by atoms with Gasteiger partial charge in [-0.3, -0.25) is 0 Å². The van der Waals surface area contributed by atoms with E-state index >= 15 is 0 Å². The van der Waals surface area contributed by atoms with Gasteiger partial charge >= 0.3 is 0 Å². The van der Waals surface area contributed by atoms with Gasteiger partial charge in [-0.25, -0.2) is 9.37 Å². The zero-order valence-corrected chi connectivity index (χ0v) is 11.2. The molecule has 18 heavy (non-hydrogen) atoms. The Morgan fingerprint density at radius 2 is 2.17 bits per heavy atom. The Hall–Kier alpha value is -1.46. The molecule has 0 aliphatic heterocycles. The maximum atomic E-state index is 13.7. The van der Waals surface area contributed by atoms with Gasteiger partial charge in [-0.1, -0.05) is 12.1 Å². The van der Waals surface area contributed by atoms with E-state index in [0.717, 1.165) is 10.0 Å². The molecule has 2 rings (SSSR count). The molecule has 0 saturated carbocycles. The Balaban J connectivity index is 2.09. The lowest BCUT2D eigenvalue weighted by Gasteiger charge is -2.09. The lowest BCUT2D eigenvalue weighted by atomic mass is 10.1. The first kappa shape index (κ1) is 13.0. The van der Waals surface area contributed by atoms with Gasteiger partial charge in [-0.15, -0.1) is 0 Å². The van der Waals surface area contributed by atoms with Crippen LogP contribution in [-0.2, 0) is 13.1 Å². The molecule has 0 spiro atoms. The van der Waals surface area contributed by atoms with Gasteiger partial charge < -0.3 is 11.1 Å². The Bertz CT molecular complexity index is 546. The second-order valence-corrected chi connectivity index (χ2v) is 4.67. The summed E-state index contributed by atoms with van der Waals surface area (Å²) in [7, 11) is 0. The molecular weight excluding hydrogens is 297 g/mol. The van der Waals surface area contributed by atoms with Crippen LogP contribution in [0, 0.1) is 5.82 Å². The van der Waals surface area contributed by atoms with E-state index in [4.69, 9.17) is 5.73 Å². The highest BCUT2D eigenvalue weighted by Gasteiger charge is 2.05. The minimum absolute atomic E-state index is 0.252. The number of nitrogens with one attached hydrogen (secondary N) is 1. The molecule has 5 heteroatoms. The van der Waals surface area contributed by atoms with Gasteiger partial charge in [0.2, 0.25) is 0 Å². The Kier molecular flexibility index (Phi) is 4.28. The maximum Gasteiger partial charge on any atom is 0.140 e. The van der Waals surface area contributed by atoms with Gasteiger partial charge in [0, 0.05) is 24.8 Å². The number of pyridine rings is 1. The molecule has 3 N–H and O–H groups in total. The summed E-state index contributed by atoms with van der Waals surface area (Å²) in [6.45, 7) is 0.725. The fraction of sp³-hybridized carbons (Fsp3) is 0.154. The van der Waals surface area contributed by atoms with Crippen molar-refractivity contribution in [3.63, 3.8) is 0 Å². The van der Waals surface area contributed by atoms with E-state index in [0.29, 0.717) is 24.5 Å². The molecule has 94 valence electrons. The Labute approximate surface area is 113 Å². The lowest BCUT2D eigenvalue weighted by molar-refractivity contribution is 0.610. The predicted molar refractivity (Wildman–Crippen MR) is 73.6 cm³/mol. The highest BCUT2D eigenvalue weighted by Crippen LogP contribution is 2.19. The molecule has 1 heterocycles. The van der Waals surface area contributed by atoms with Crippen LogP contribution in [0.2, 0.25) is 0 Å². The molecule has 0 aliphatic rings. The average molecular weight is 310 g/mol. The van der Waals surface area contributed by atoms with Crippen molar-refractivity contribution < 1.29 is 4.39 Å². The highest BCUT2D eigenvalue weighted by atomic mass is 79.9. The molecule has 3 nitrogen and oxygen atoms in total. The number of rotatable bonds is 4. The highest BCUT2D eigenvalue weighted by molar-refractivity contribution is 9.10. The number of aromatic nitrogens is 1. The summed E-state index contributed by atoms with van der Waals surface area (Å²) in [6, 6.07) is 8.73. The molecule has 0 amide bonds. The molecule has 0 saturated heterocycles. The summed E-state index contributed by atoms with van der Waals surface area (Å²) in [4.78, 5) is 4.16. The maximum absolute atomic E-state index is 13.7. The van der Waals surface area contributed by atoms with Crippen LogP contribution in [0.4, 0.5) is 10.2 Å². The van der Waals surface area contributed by atoms with Crippen LogP contribution in [-0.4, -0.2) is 4.98 Å². The van der Waals surface area contributed by atoms with Crippen molar-refractivity contribution in [3.8, 4) is 0 Å². The minimum Gasteiger partial charge on any atom is -0.365 e. The van der Waals surface area contributed by atoms with Crippen molar-refractivity contribution in [2.75, 3.05) is 5.32 Å². The van der Waals surface area contributed by atoms with Crippen LogP contribution >= 0.6 is 15.9 Å². The van der Waals surface area contributed by atoms with Crippen LogP contribution in [0.15, 0.2) is 41.0 Å². The van der Waals surface area contributed by atoms with Crippen molar-refractivity contribution in [1.29, 1.82) is 0 Å². The summed E-state index contributed by atoms with van der Waals surface area (Å²) >= 11 is 3.38. The van der Waals surface area contributed by atoms with E-state index in [1.54, 1.807) is 12.3 Å². The van der Waals surface area contributed by atoms with E-state index in [9.17, 15) is 4.39 Å². The van der Waals surface area contributed by atoms with E-state index in [2.05, 4.69) is 26.2 Å². The largest absolute Gasteiger partial charge is 0.365 e. The van der Waals surface area contributed by atoms with Gasteiger partial charge in [0.05, 0.1) is 4.47 Å². The van der Waals surface area contributed by atoms with Gasteiger partial charge in [0.15, 0.2) is 0 Å². The second kappa shape index (κ2) is 5.93. The monoisotopic (exact) mass is 309 g/mol. The molecule has 0 atom stereocenters. The van der Waals surface area contributed by atoms with Crippen molar-refractivity contribution in [3.05, 3.63) is 57.9 Å². The van der Waals surface area contributed by atoms with Gasteiger partial charge in [0.1, 0.15) is 11.6 Å². The van der Waals surface area contributed by atoms with E-state index in [-0.39, 0.29) is 5.82 Å². The first-order valence-corrected chi connectivity index (χ1v) is 6.32. The van der Waals surface area contributed by atoms with Gasteiger partial charge in [0.25, 0.3) is 0 Å². The number of hydrogen-bond donors (Lipinski definition) is 2. The molecule has 1 aromatic carbocycles. The summed E-state index contributed by atoms with van der Waals surface area (Å²) < 4.78 is 14.6. The fourth-order valence-electron chi connectivity index (χ4n) is 1.56. The third-order valence-electron chi connectivity index (χ3n) is 2.56. The quantitative estimate of drug-likeness (QED) is 0.912. The number of halogens is 2. The SMILES string of the molecule is NCc1ccc(CNc2ncccc2Br)c(F)c1. The molecule has 0 bridgehead atoms. The predicted octanol–water partition coefficient (Wildman–Crippen LogP) is 3.05. The van der Waals surface area contributed by atoms with Crippen LogP contribution < -0.4 is 11.1 Å². The molecule has 0 fully saturated rings. The lowest BCUT2D eigenvalue weighted by Crippen LogP contribution is -2.05. The Morgan fingerprint density at radius 3 is 2.83 bits per heavy atom. The molecule has 0 unspecified atom stereocenters. The van der Waals surface area contributed by atoms with Gasteiger partial charge in [-0.2, -0.15) is 0 Å². The molecular formula is C13H13BrFN3. The average Bonchev–Trinajstić information content (AvgIpc) is 2.39. The molecule has 2 aromatic rings. The molecule has 0 radical (unpaired) electrons. The first-order valence-electron chi connectivity index (χ1n) is 5.52. The van der Waals surface area contributed by atoms with E-state index in [1.807, 2.05) is 18.2 Å². The third-order valence-corrected chi connectivity index (χ3v) is 3.20. The van der Waals surface area contributed by atoms with Gasteiger partial charge in [-0.05, 0) is 39.7 Å². The number of hydrogen-bond acceptors (Lipinski definition) is 3. The minimum atomic E-state index is -0.252. The van der Waals surface area contributed by atoms with Crippen LogP contribution in [0.25, 0.3) is 0 Å². The van der Waals surface area contributed by atoms with Crippen LogP contribution in [0.3, 0.4) is 0 Å². The standard InChI is InChI=1S/C13H13BrFN3/c14-11-2-1-5-17-13(11)18-8-10-4-3-9(7-16)6-12(10)15/h1-6H,7-8,16H2,(H,17,18). The van der Waals surface area contributed by atoms with Crippen molar-refractivity contribution in [2.24, 2.45) is 5.73 Å². The zero-order valence-electron chi connectivity index (χ0n) is 9.66. The summed E-state index contributed by atoms with van der Waals surface area (Å²) in [6.07, 6.45) is 1.68. The molecule has 0 aliphatic carbocycles. The topological polar surface area (TPSA) is 50.9 Å². The second-order valence-electron chi connectivity index (χ2n) is 3.82. The summed E-state index contributed by atoms with van der Waals surface area (Å²) in [5.41, 5.74) is 6.83. The number of nitrogens with two attached hydrogens (primary N) is 1. The first-order chi connectivity index (χ1) is 8.70. The summed E-state index contributed by atoms with van der Waals surface area (Å²) in [5.74, 6) is 0.442. The van der Waals surface area contributed by atoms with Crippen molar-refractivity contribution >= 4 is 21.7 Å². The van der Waals surface area contributed by atoms with Crippen LogP contribution in [0.5, 0.6) is 0 Å². The normalized spacial score (nSPS) is 10.4. The summed E-state index contributed by atoms with van der Waals surface area (Å²) in [5, 5.41) is 3.08. The third kappa shape index (κ3) is 3.05. The number of anilines is 1. The Morgan fingerprint density at radius 1 is 1.33 bits per heavy atom. The fourth-order valence-corrected chi connectivity index (χ4v) is 1.95. The van der Waals surface area contributed by atoms with E-state index in [1.165, 1.54) is 6.07 Å². The van der Waals surface area contributed by atoms with E-state index < -0.39 is 0 Å². The van der Waals surface area contributed by atoms with Crippen molar-refractivity contribution in [1.82, 2.24) is 4.98 Å². The molecule has 1 aromatic heterocycles. The van der Waals surface area contributed by atoms with Crippen LogP contribution in [0.1, 0.15) is 11.1 Å². The number of nitrogens with zero attached hydrogens (tertiary/aromatic N) is 1.